The van der Waals surface area contributed by atoms with Gasteiger partial charge in [-0.15, -0.1) is 0 Å². The lowest BCUT2D eigenvalue weighted by Gasteiger charge is -2.52. The van der Waals surface area contributed by atoms with Gasteiger partial charge in [-0.1, -0.05) is 44.2 Å². The molecule has 110 valence electrons. The molecule has 0 spiro atoms. The van der Waals surface area contributed by atoms with Crippen LogP contribution in [0.4, 0.5) is 0 Å². The number of benzene rings is 1. The highest BCUT2D eigenvalue weighted by molar-refractivity contribution is 5.81. The van der Waals surface area contributed by atoms with Crippen LogP contribution < -0.4 is 11.1 Å². The summed E-state index contributed by atoms with van der Waals surface area (Å²) in [5.41, 5.74) is 6.47. The minimum Gasteiger partial charge on any atom is -0.378 e. The summed E-state index contributed by atoms with van der Waals surface area (Å²) in [6.07, 6.45) is 1.16. The second kappa shape index (κ2) is 5.94. The molecule has 1 aromatic carbocycles. The summed E-state index contributed by atoms with van der Waals surface area (Å²) in [4.78, 5) is 11.7. The van der Waals surface area contributed by atoms with Gasteiger partial charge in [-0.05, 0) is 18.9 Å². The fourth-order valence-corrected chi connectivity index (χ4v) is 2.84. The summed E-state index contributed by atoms with van der Waals surface area (Å²) >= 11 is 0. The molecule has 0 aromatic heterocycles. The summed E-state index contributed by atoms with van der Waals surface area (Å²) in [6.45, 7) is 7.06. The SMILES string of the molecule is CCOC1CC(NC(C(N)=O)c2ccccc2)C1(C)C. The number of primary amides is 1. The molecule has 2 rings (SSSR count). The third-order valence-corrected chi connectivity index (χ3v) is 4.33. The van der Waals surface area contributed by atoms with Crippen LogP contribution in [0.15, 0.2) is 30.3 Å². The molecule has 0 radical (unpaired) electrons. The van der Waals surface area contributed by atoms with E-state index < -0.39 is 6.04 Å². The van der Waals surface area contributed by atoms with Gasteiger partial charge in [0.05, 0.1) is 6.10 Å². The van der Waals surface area contributed by atoms with Crippen LogP contribution in [0, 0.1) is 5.41 Å². The summed E-state index contributed by atoms with van der Waals surface area (Å²) in [7, 11) is 0. The molecule has 0 heterocycles. The Bertz CT molecular complexity index is 459. The van der Waals surface area contributed by atoms with Crippen LogP contribution in [-0.4, -0.2) is 24.7 Å². The quantitative estimate of drug-likeness (QED) is 0.835. The first-order valence-electron chi connectivity index (χ1n) is 7.18. The van der Waals surface area contributed by atoms with E-state index in [9.17, 15) is 4.79 Å². The van der Waals surface area contributed by atoms with Crippen molar-refractivity contribution in [2.45, 2.75) is 45.4 Å². The number of ether oxygens (including phenoxy) is 1. The molecule has 4 nitrogen and oxygen atoms in total. The van der Waals surface area contributed by atoms with Crippen molar-refractivity contribution in [3.8, 4) is 0 Å². The Balaban J connectivity index is 2.06. The van der Waals surface area contributed by atoms with E-state index in [1.807, 2.05) is 37.3 Å². The third kappa shape index (κ3) is 2.86. The van der Waals surface area contributed by atoms with Crippen LogP contribution in [0.5, 0.6) is 0 Å². The van der Waals surface area contributed by atoms with Gasteiger partial charge in [0.2, 0.25) is 5.91 Å². The zero-order chi connectivity index (χ0) is 14.8. The fraction of sp³-hybridized carbons (Fsp3) is 0.562. The van der Waals surface area contributed by atoms with Gasteiger partial charge in [0, 0.05) is 18.1 Å². The zero-order valence-electron chi connectivity index (χ0n) is 12.4. The predicted molar refractivity (Wildman–Crippen MR) is 79.1 cm³/mol. The van der Waals surface area contributed by atoms with Gasteiger partial charge < -0.3 is 10.5 Å². The lowest BCUT2D eigenvalue weighted by Crippen LogP contribution is -2.62. The van der Waals surface area contributed by atoms with Crippen LogP contribution in [0.25, 0.3) is 0 Å². The first kappa shape index (κ1) is 15.0. The molecule has 3 atom stereocenters. The number of hydrogen-bond acceptors (Lipinski definition) is 3. The topological polar surface area (TPSA) is 64.3 Å². The molecular weight excluding hydrogens is 252 g/mol. The van der Waals surface area contributed by atoms with Gasteiger partial charge in [0.1, 0.15) is 6.04 Å². The van der Waals surface area contributed by atoms with Crippen LogP contribution in [0.3, 0.4) is 0 Å². The van der Waals surface area contributed by atoms with E-state index in [0.29, 0.717) is 0 Å². The minimum absolute atomic E-state index is 0.0124. The van der Waals surface area contributed by atoms with Gasteiger partial charge in [0.15, 0.2) is 0 Å². The largest absolute Gasteiger partial charge is 0.378 e. The summed E-state index contributed by atoms with van der Waals surface area (Å²) in [5, 5.41) is 3.39. The van der Waals surface area contributed by atoms with E-state index in [1.54, 1.807) is 0 Å². The Morgan fingerprint density at radius 2 is 2.10 bits per heavy atom. The average Bonchev–Trinajstić information content (AvgIpc) is 2.42. The highest BCUT2D eigenvalue weighted by atomic mass is 16.5. The van der Waals surface area contributed by atoms with Gasteiger partial charge in [-0.2, -0.15) is 0 Å². The van der Waals surface area contributed by atoms with Crippen LogP contribution in [-0.2, 0) is 9.53 Å². The molecule has 3 N–H and O–H groups in total. The lowest BCUT2D eigenvalue weighted by atomic mass is 9.64. The van der Waals surface area contributed by atoms with Crippen molar-refractivity contribution in [3.63, 3.8) is 0 Å². The van der Waals surface area contributed by atoms with Gasteiger partial charge in [-0.3, -0.25) is 10.1 Å². The number of nitrogens with two attached hydrogens (primary N) is 1. The molecule has 0 saturated heterocycles. The van der Waals surface area contributed by atoms with Crippen LogP contribution >= 0.6 is 0 Å². The molecule has 4 heteroatoms. The van der Waals surface area contributed by atoms with E-state index in [0.717, 1.165) is 18.6 Å². The molecule has 1 amide bonds. The zero-order valence-corrected chi connectivity index (χ0v) is 12.4. The maximum atomic E-state index is 11.7. The molecule has 3 unspecified atom stereocenters. The van der Waals surface area contributed by atoms with Crippen molar-refractivity contribution >= 4 is 5.91 Å². The first-order valence-corrected chi connectivity index (χ1v) is 7.18. The lowest BCUT2D eigenvalue weighted by molar-refractivity contribution is -0.129. The third-order valence-electron chi connectivity index (χ3n) is 4.33. The van der Waals surface area contributed by atoms with Crippen molar-refractivity contribution in [2.75, 3.05) is 6.61 Å². The summed E-state index contributed by atoms with van der Waals surface area (Å²) in [5.74, 6) is -0.341. The minimum atomic E-state index is -0.442. The second-order valence-electron chi connectivity index (χ2n) is 5.97. The molecule has 1 saturated carbocycles. The van der Waals surface area contributed by atoms with E-state index in [1.165, 1.54) is 0 Å². The number of hydrogen-bond donors (Lipinski definition) is 2. The maximum Gasteiger partial charge on any atom is 0.239 e. The number of carbonyl (C=O) groups excluding carboxylic acids is 1. The second-order valence-corrected chi connectivity index (χ2v) is 5.97. The standard InChI is InChI=1S/C16H24N2O2/c1-4-20-13-10-12(16(13,2)3)18-14(15(17)19)11-8-6-5-7-9-11/h5-9,12-14,18H,4,10H2,1-3H3,(H2,17,19). The Kier molecular flexibility index (Phi) is 4.45. The molecular formula is C16H24N2O2. The molecule has 1 aliphatic carbocycles. The number of rotatable bonds is 6. The fourth-order valence-electron chi connectivity index (χ4n) is 2.84. The van der Waals surface area contributed by atoms with Crippen LogP contribution in [0.2, 0.25) is 0 Å². The van der Waals surface area contributed by atoms with E-state index in [-0.39, 0.29) is 23.5 Å². The average molecular weight is 276 g/mol. The van der Waals surface area contributed by atoms with Crippen molar-refractivity contribution in [2.24, 2.45) is 11.1 Å². The van der Waals surface area contributed by atoms with E-state index in [4.69, 9.17) is 10.5 Å². The number of nitrogens with one attached hydrogen (secondary N) is 1. The maximum absolute atomic E-state index is 11.7. The normalized spacial score (nSPS) is 25.8. The monoisotopic (exact) mass is 276 g/mol. The van der Waals surface area contributed by atoms with Crippen LogP contribution in [0.1, 0.15) is 38.8 Å². The van der Waals surface area contributed by atoms with E-state index >= 15 is 0 Å². The van der Waals surface area contributed by atoms with Gasteiger partial charge in [-0.25, -0.2) is 0 Å². The van der Waals surface area contributed by atoms with Crippen molar-refractivity contribution in [1.29, 1.82) is 0 Å². The Labute approximate surface area is 120 Å². The highest BCUT2D eigenvalue weighted by Gasteiger charge is 2.49. The molecule has 0 aliphatic heterocycles. The summed E-state index contributed by atoms with van der Waals surface area (Å²) in [6, 6.07) is 9.41. The number of amides is 1. The molecule has 1 fully saturated rings. The van der Waals surface area contributed by atoms with Crippen molar-refractivity contribution < 1.29 is 9.53 Å². The Morgan fingerprint density at radius 1 is 1.45 bits per heavy atom. The van der Waals surface area contributed by atoms with Crippen molar-refractivity contribution in [3.05, 3.63) is 35.9 Å². The molecule has 1 aromatic rings. The summed E-state index contributed by atoms with van der Waals surface area (Å²) < 4.78 is 5.71. The Hall–Kier alpha value is -1.39. The highest BCUT2D eigenvalue weighted by Crippen LogP contribution is 2.43. The Morgan fingerprint density at radius 3 is 2.60 bits per heavy atom. The van der Waals surface area contributed by atoms with E-state index in [2.05, 4.69) is 19.2 Å². The molecule has 0 bridgehead atoms. The number of carbonyl (C=O) groups is 1. The smallest absolute Gasteiger partial charge is 0.239 e. The van der Waals surface area contributed by atoms with Crippen molar-refractivity contribution in [1.82, 2.24) is 5.32 Å². The predicted octanol–water partition coefficient (Wildman–Crippen LogP) is 2.01. The van der Waals surface area contributed by atoms with Gasteiger partial charge >= 0.3 is 0 Å². The van der Waals surface area contributed by atoms with Gasteiger partial charge in [0.25, 0.3) is 0 Å². The molecule has 20 heavy (non-hydrogen) atoms. The molecule has 1 aliphatic rings. The first-order chi connectivity index (χ1) is 9.46.